The van der Waals surface area contributed by atoms with E-state index in [9.17, 15) is 28.8 Å². The van der Waals surface area contributed by atoms with Gasteiger partial charge in [-0.3, -0.25) is 23.7 Å². The van der Waals surface area contributed by atoms with E-state index in [1.165, 1.54) is 51.5 Å². The summed E-state index contributed by atoms with van der Waals surface area (Å²) in [6.45, 7) is 4.83. The molecule has 0 saturated carbocycles. The van der Waals surface area contributed by atoms with E-state index < -0.39 is 73.8 Å². The lowest BCUT2D eigenvalue weighted by Gasteiger charge is -2.26. The average Bonchev–Trinajstić information content (AvgIpc) is 3.18. The van der Waals surface area contributed by atoms with Gasteiger partial charge in [-0.15, -0.1) is 0 Å². The lowest BCUT2D eigenvalue weighted by atomic mass is 9.98. The fourth-order valence-corrected chi connectivity index (χ4v) is 5.59. The first-order valence-electron chi connectivity index (χ1n) is 13.3. The number of rotatable bonds is 13. The maximum absolute atomic E-state index is 15.7. The monoisotopic (exact) mass is 643 g/mol. The molecule has 242 valence electrons. The van der Waals surface area contributed by atoms with Crippen molar-refractivity contribution in [3.63, 3.8) is 0 Å². The molecule has 0 bridgehead atoms. The number of H-pyrrole nitrogens is 1. The number of nitrogens with zero attached hydrogens (tertiary/aromatic N) is 1. The first-order valence-corrected chi connectivity index (χ1v) is 14.8. The van der Waals surface area contributed by atoms with Crippen molar-refractivity contribution in [1.82, 2.24) is 14.6 Å². The number of alkyl halides is 1. The van der Waals surface area contributed by atoms with E-state index >= 15 is 4.39 Å². The van der Waals surface area contributed by atoms with Crippen molar-refractivity contribution < 1.29 is 51.6 Å². The molecule has 15 nitrogen and oxygen atoms in total. The van der Waals surface area contributed by atoms with E-state index in [0.29, 0.717) is 5.56 Å². The van der Waals surface area contributed by atoms with Gasteiger partial charge in [0.05, 0.1) is 26.9 Å². The Morgan fingerprint density at radius 1 is 1.23 bits per heavy atom. The summed E-state index contributed by atoms with van der Waals surface area (Å²) in [6, 6.07) is 4.07. The number of aromatic nitrogens is 2. The summed E-state index contributed by atoms with van der Waals surface area (Å²) in [5, 5.41) is 13.2. The van der Waals surface area contributed by atoms with Crippen molar-refractivity contribution in [2.45, 2.75) is 63.9 Å². The fourth-order valence-electron chi connectivity index (χ4n) is 4.07. The van der Waals surface area contributed by atoms with Crippen LogP contribution >= 0.6 is 7.75 Å². The first-order chi connectivity index (χ1) is 20.6. The number of hydrogen-bond donors (Lipinski definition) is 3. The molecule has 0 radical (unpaired) electrons. The minimum absolute atomic E-state index is 0.0612. The number of benzene rings is 1. The summed E-state index contributed by atoms with van der Waals surface area (Å²) in [6.07, 6.45) is -1.93. The number of aliphatic hydroxyl groups excluding tert-OH is 1. The minimum atomic E-state index is -4.57. The predicted molar refractivity (Wildman–Crippen MR) is 153 cm³/mol. The number of aromatic amines is 1. The molecule has 1 aromatic carbocycles. The maximum atomic E-state index is 15.7. The molecule has 1 fully saturated rings. The van der Waals surface area contributed by atoms with Crippen molar-refractivity contribution in [2.75, 3.05) is 20.8 Å². The van der Waals surface area contributed by atoms with Gasteiger partial charge < -0.3 is 28.6 Å². The summed E-state index contributed by atoms with van der Waals surface area (Å²) in [5.74, 6) is -1.43. The molecule has 0 amide bonds. The molecule has 1 saturated heterocycles. The second-order valence-corrected chi connectivity index (χ2v) is 11.8. The van der Waals surface area contributed by atoms with Gasteiger partial charge in [0.2, 0.25) is 0 Å². The highest BCUT2D eigenvalue weighted by molar-refractivity contribution is 7.52. The topological polar surface area (TPSA) is 194 Å². The third-order valence-electron chi connectivity index (χ3n) is 6.31. The molecule has 1 aliphatic heterocycles. The van der Waals surface area contributed by atoms with Gasteiger partial charge in [-0.05, 0) is 51.5 Å². The average molecular weight is 644 g/mol. The van der Waals surface area contributed by atoms with Crippen molar-refractivity contribution in [3.8, 4) is 11.5 Å². The maximum Gasteiger partial charge on any atom is 0.459 e. The van der Waals surface area contributed by atoms with Crippen LogP contribution in [0.5, 0.6) is 11.5 Å². The second-order valence-electron chi connectivity index (χ2n) is 10.1. The summed E-state index contributed by atoms with van der Waals surface area (Å²) in [4.78, 5) is 49.7. The standard InChI is InChI=1S/C27H35FN3O12P/c1-15(2)41-24(35)16(3)30-44(37,43-18-9-7-17(13-19(18)38-5)8-10-22(33)39-6)40-14-20-23(34)27(4,28)25(42-20)31-12-11-21(32)29-26(31)36/h7-13,15-16,20,23,25,34H,14H2,1-6H3,(H,30,37)(H,29,32,36). The van der Waals surface area contributed by atoms with Crippen LogP contribution in [0.4, 0.5) is 4.39 Å². The van der Waals surface area contributed by atoms with Crippen molar-refractivity contribution in [2.24, 2.45) is 0 Å². The molecule has 0 spiro atoms. The number of halogens is 1. The van der Waals surface area contributed by atoms with Gasteiger partial charge in [0.25, 0.3) is 5.56 Å². The quantitative estimate of drug-likeness (QED) is 0.163. The molecule has 2 heterocycles. The molecule has 1 aromatic heterocycles. The highest BCUT2D eigenvalue weighted by Gasteiger charge is 2.56. The molecule has 17 heteroatoms. The number of esters is 2. The molecule has 44 heavy (non-hydrogen) atoms. The van der Waals surface area contributed by atoms with Crippen molar-refractivity contribution in [1.29, 1.82) is 0 Å². The van der Waals surface area contributed by atoms with E-state index in [1.807, 2.05) is 4.98 Å². The summed E-state index contributed by atoms with van der Waals surface area (Å²) >= 11 is 0. The third-order valence-corrected chi connectivity index (χ3v) is 7.94. The lowest BCUT2D eigenvalue weighted by Crippen LogP contribution is -2.43. The Bertz CT molecular complexity index is 1540. The van der Waals surface area contributed by atoms with Gasteiger partial charge in [-0.2, -0.15) is 5.09 Å². The zero-order chi connectivity index (χ0) is 32.8. The predicted octanol–water partition coefficient (Wildman–Crippen LogP) is 1.85. The van der Waals surface area contributed by atoms with Crippen LogP contribution in [0, 0.1) is 0 Å². The third kappa shape index (κ3) is 8.42. The SMILES string of the molecule is COC(=O)C=Cc1ccc(OP(=O)(NC(C)C(=O)OC(C)C)OCC2OC(n3ccc(=O)[nH]c3=O)C(C)(F)C2O)c(OC)c1. The van der Waals surface area contributed by atoms with E-state index in [4.69, 9.17) is 23.3 Å². The number of carbonyl (C=O) groups excluding carboxylic acids is 2. The molecule has 6 unspecified atom stereocenters. The van der Waals surface area contributed by atoms with Gasteiger partial charge in [0, 0.05) is 18.3 Å². The Morgan fingerprint density at radius 3 is 2.55 bits per heavy atom. The number of methoxy groups -OCH3 is 2. The first kappa shape index (κ1) is 34.7. The number of ether oxygens (including phenoxy) is 4. The van der Waals surface area contributed by atoms with Crippen molar-refractivity contribution in [3.05, 3.63) is 62.9 Å². The van der Waals surface area contributed by atoms with Crippen LogP contribution in [-0.2, 0) is 32.9 Å². The normalized spacial score (nSPS) is 23.7. The Balaban J connectivity index is 1.89. The zero-order valence-electron chi connectivity index (χ0n) is 24.8. The van der Waals surface area contributed by atoms with Crippen LogP contribution in [0.15, 0.2) is 46.1 Å². The Kier molecular flexibility index (Phi) is 11.3. The zero-order valence-corrected chi connectivity index (χ0v) is 25.7. The number of hydrogen-bond acceptors (Lipinski definition) is 12. The molecular weight excluding hydrogens is 608 g/mol. The van der Waals surface area contributed by atoms with E-state index in [-0.39, 0.29) is 11.5 Å². The molecule has 1 aliphatic rings. The summed E-state index contributed by atoms with van der Waals surface area (Å²) in [7, 11) is -2.04. The van der Waals surface area contributed by atoms with Crippen molar-refractivity contribution >= 4 is 25.8 Å². The smallest absolute Gasteiger partial charge is 0.459 e. The van der Waals surface area contributed by atoms with Gasteiger partial charge in [0.15, 0.2) is 23.4 Å². The van der Waals surface area contributed by atoms with Gasteiger partial charge >= 0.3 is 25.4 Å². The van der Waals surface area contributed by atoms with Crippen LogP contribution in [0.3, 0.4) is 0 Å². The van der Waals surface area contributed by atoms with Crippen LogP contribution in [-0.4, -0.2) is 77.4 Å². The van der Waals surface area contributed by atoms with Crippen LogP contribution < -0.4 is 25.6 Å². The van der Waals surface area contributed by atoms with E-state index in [2.05, 4.69) is 9.82 Å². The number of carbonyl (C=O) groups is 2. The molecule has 2 aromatic rings. The highest BCUT2D eigenvalue weighted by atomic mass is 31.2. The van der Waals surface area contributed by atoms with Crippen LogP contribution in [0.25, 0.3) is 6.08 Å². The summed E-state index contributed by atoms with van der Waals surface area (Å²) < 4.78 is 62.3. The number of aliphatic hydroxyl groups is 1. The highest BCUT2D eigenvalue weighted by Crippen LogP contribution is 2.49. The molecule has 3 rings (SSSR count). The van der Waals surface area contributed by atoms with Gasteiger partial charge in [-0.1, -0.05) is 6.07 Å². The number of nitrogens with one attached hydrogen (secondary N) is 2. The van der Waals surface area contributed by atoms with Gasteiger partial charge in [0.1, 0.15) is 18.2 Å². The molecule has 0 aliphatic carbocycles. The van der Waals surface area contributed by atoms with Crippen LogP contribution in [0.1, 0.15) is 39.5 Å². The minimum Gasteiger partial charge on any atom is -0.493 e. The largest absolute Gasteiger partial charge is 0.493 e. The Labute approximate surface area is 251 Å². The fraction of sp³-hybridized carbons (Fsp3) is 0.481. The molecule has 3 N–H and O–H groups in total. The van der Waals surface area contributed by atoms with E-state index in [1.54, 1.807) is 13.8 Å². The van der Waals surface area contributed by atoms with E-state index in [0.717, 1.165) is 23.8 Å². The lowest BCUT2D eigenvalue weighted by molar-refractivity contribution is -0.149. The Morgan fingerprint density at radius 2 is 1.93 bits per heavy atom. The molecular formula is C27H35FN3O12P. The van der Waals surface area contributed by atoms with Crippen LogP contribution in [0.2, 0.25) is 0 Å². The second kappa shape index (κ2) is 14.3. The molecule has 6 atom stereocenters. The summed E-state index contributed by atoms with van der Waals surface area (Å²) in [5.41, 5.74) is -3.77. The van der Waals surface area contributed by atoms with Gasteiger partial charge in [-0.25, -0.2) is 18.5 Å². The Hall–Kier alpha value is -3.82.